The molecule has 0 aliphatic heterocycles. The lowest BCUT2D eigenvalue weighted by Crippen LogP contribution is -2.38. The van der Waals surface area contributed by atoms with Crippen LogP contribution in [0.4, 0.5) is 5.69 Å². The smallest absolute Gasteiger partial charge is 0.325 e. The first-order valence-electron chi connectivity index (χ1n) is 9.46. The summed E-state index contributed by atoms with van der Waals surface area (Å²) in [6.07, 6.45) is 0.0429. The number of nitrogens with zero attached hydrogens (tertiary/aromatic N) is 2. The molecule has 0 atom stereocenters. The highest BCUT2D eigenvalue weighted by atomic mass is 35.5. The first kappa shape index (κ1) is 23.2. The number of likely N-dealkylation sites (N-methyl/N-ethyl adjacent to an activating group) is 1. The Kier molecular flexibility index (Phi) is 8.68. The molecule has 0 radical (unpaired) electrons. The largest absolute Gasteiger partial charge is 0.497 e. The molecule has 0 aromatic heterocycles. The summed E-state index contributed by atoms with van der Waals surface area (Å²) in [5.74, 6) is -0.358. The Morgan fingerprint density at radius 3 is 2.20 bits per heavy atom. The summed E-state index contributed by atoms with van der Waals surface area (Å²) in [6, 6.07) is 13.5. The number of ether oxygens (including phenoxy) is 2. The van der Waals surface area contributed by atoms with Gasteiger partial charge in [0, 0.05) is 36.3 Å². The monoisotopic (exact) mass is 432 g/mol. The highest BCUT2D eigenvalue weighted by molar-refractivity contribution is 6.30. The number of anilines is 1. The van der Waals surface area contributed by atoms with Gasteiger partial charge < -0.3 is 19.3 Å². The van der Waals surface area contributed by atoms with Gasteiger partial charge >= 0.3 is 5.97 Å². The van der Waals surface area contributed by atoms with Crippen molar-refractivity contribution in [3.8, 4) is 5.75 Å². The second-order valence-electron chi connectivity index (χ2n) is 6.47. The summed E-state index contributed by atoms with van der Waals surface area (Å²) in [4.78, 5) is 40.0. The van der Waals surface area contributed by atoms with E-state index in [0.717, 1.165) is 0 Å². The van der Waals surface area contributed by atoms with E-state index in [4.69, 9.17) is 21.1 Å². The predicted molar refractivity (Wildman–Crippen MR) is 115 cm³/mol. The molecule has 0 saturated carbocycles. The zero-order valence-corrected chi connectivity index (χ0v) is 18.0. The highest BCUT2D eigenvalue weighted by Gasteiger charge is 2.21. The Bertz CT molecular complexity index is 868. The zero-order chi connectivity index (χ0) is 22.1. The minimum Gasteiger partial charge on any atom is -0.497 e. The Hall–Kier alpha value is -3.06. The minimum atomic E-state index is -0.474. The predicted octanol–water partition coefficient (Wildman–Crippen LogP) is 3.41. The van der Waals surface area contributed by atoms with E-state index in [-0.39, 0.29) is 37.9 Å². The molecule has 0 bridgehead atoms. The van der Waals surface area contributed by atoms with Crippen molar-refractivity contribution in [3.05, 3.63) is 59.1 Å². The Morgan fingerprint density at radius 2 is 1.63 bits per heavy atom. The third-order valence-electron chi connectivity index (χ3n) is 4.37. The lowest BCUT2D eigenvalue weighted by atomic mass is 10.1. The SMILES string of the molecule is CCOC(=O)CN(C)C(=O)CCN(C(=O)c1ccc(Cl)cc1)c1ccc(OC)cc1. The summed E-state index contributed by atoms with van der Waals surface area (Å²) in [5, 5.41) is 0.526. The van der Waals surface area contributed by atoms with Crippen molar-refractivity contribution in [3.63, 3.8) is 0 Å². The molecule has 0 spiro atoms. The minimum absolute atomic E-state index is 0.0429. The van der Waals surface area contributed by atoms with Gasteiger partial charge in [0.15, 0.2) is 0 Å². The summed E-state index contributed by atoms with van der Waals surface area (Å²) in [7, 11) is 3.08. The quantitative estimate of drug-likeness (QED) is 0.567. The Balaban J connectivity index is 2.16. The van der Waals surface area contributed by atoms with E-state index >= 15 is 0 Å². The molecule has 2 amide bonds. The van der Waals surface area contributed by atoms with Crippen molar-refractivity contribution >= 4 is 35.1 Å². The van der Waals surface area contributed by atoms with Crippen LogP contribution in [0.25, 0.3) is 0 Å². The van der Waals surface area contributed by atoms with E-state index in [2.05, 4.69) is 0 Å². The number of carbonyl (C=O) groups excluding carboxylic acids is 3. The van der Waals surface area contributed by atoms with E-state index in [1.165, 1.54) is 16.8 Å². The van der Waals surface area contributed by atoms with Gasteiger partial charge in [-0.25, -0.2) is 0 Å². The van der Waals surface area contributed by atoms with Crippen LogP contribution >= 0.6 is 11.6 Å². The first-order valence-corrected chi connectivity index (χ1v) is 9.84. The van der Waals surface area contributed by atoms with Gasteiger partial charge in [-0.1, -0.05) is 11.6 Å². The maximum atomic E-state index is 13.1. The maximum absolute atomic E-state index is 13.1. The molecule has 0 N–H and O–H groups in total. The lowest BCUT2D eigenvalue weighted by molar-refractivity contribution is -0.148. The van der Waals surface area contributed by atoms with E-state index < -0.39 is 5.97 Å². The van der Waals surface area contributed by atoms with Gasteiger partial charge in [0.1, 0.15) is 12.3 Å². The van der Waals surface area contributed by atoms with Crippen LogP contribution in [0.1, 0.15) is 23.7 Å². The average Bonchev–Trinajstić information content (AvgIpc) is 2.74. The fourth-order valence-corrected chi connectivity index (χ4v) is 2.87. The number of hydrogen-bond acceptors (Lipinski definition) is 5. The van der Waals surface area contributed by atoms with Gasteiger partial charge in [-0.3, -0.25) is 14.4 Å². The topological polar surface area (TPSA) is 76.2 Å². The molecule has 160 valence electrons. The summed E-state index contributed by atoms with van der Waals surface area (Å²) >= 11 is 5.92. The van der Waals surface area contributed by atoms with Gasteiger partial charge in [-0.05, 0) is 55.5 Å². The second-order valence-corrected chi connectivity index (χ2v) is 6.90. The number of benzene rings is 2. The molecular weight excluding hydrogens is 408 g/mol. The third-order valence-corrected chi connectivity index (χ3v) is 4.62. The Morgan fingerprint density at radius 1 is 1.00 bits per heavy atom. The van der Waals surface area contributed by atoms with Gasteiger partial charge in [0.2, 0.25) is 5.91 Å². The molecule has 0 unspecified atom stereocenters. The third kappa shape index (κ3) is 6.49. The molecule has 8 heteroatoms. The summed E-state index contributed by atoms with van der Waals surface area (Å²) < 4.78 is 10.0. The van der Waals surface area contributed by atoms with Crippen molar-refractivity contribution in [1.82, 2.24) is 4.90 Å². The van der Waals surface area contributed by atoms with Gasteiger partial charge in [-0.2, -0.15) is 0 Å². The molecule has 7 nitrogen and oxygen atoms in total. The van der Waals surface area contributed by atoms with Crippen LogP contribution in [-0.2, 0) is 14.3 Å². The van der Waals surface area contributed by atoms with Crippen molar-refractivity contribution in [1.29, 1.82) is 0 Å². The number of carbonyl (C=O) groups is 3. The molecule has 0 fully saturated rings. The van der Waals surface area contributed by atoms with Gasteiger partial charge in [0.25, 0.3) is 5.91 Å². The van der Waals surface area contributed by atoms with Crippen molar-refractivity contribution in [2.24, 2.45) is 0 Å². The van der Waals surface area contributed by atoms with Gasteiger partial charge in [-0.15, -0.1) is 0 Å². The molecule has 0 aliphatic carbocycles. The molecule has 2 aromatic rings. The number of hydrogen-bond donors (Lipinski definition) is 0. The lowest BCUT2D eigenvalue weighted by Gasteiger charge is -2.24. The second kappa shape index (κ2) is 11.2. The summed E-state index contributed by atoms with van der Waals surface area (Å²) in [6.45, 7) is 1.96. The molecule has 0 heterocycles. The van der Waals surface area contributed by atoms with E-state index in [0.29, 0.717) is 22.0 Å². The van der Waals surface area contributed by atoms with Crippen LogP contribution in [0.5, 0.6) is 5.75 Å². The number of methoxy groups -OCH3 is 1. The Labute approximate surface area is 181 Å². The van der Waals surface area contributed by atoms with Crippen LogP contribution in [0, 0.1) is 0 Å². The standard InChI is InChI=1S/C22H25ClN2O5/c1-4-30-21(27)15-24(2)20(26)13-14-25(18-9-11-19(29-3)12-10-18)22(28)16-5-7-17(23)8-6-16/h5-12H,4,13-15H2,1-3H3. The number of rotatable bonds is 9. The number of amides is 2. The van der Waals surface area contributed by atoms with Crippen molar-refractivity contribution in [2.75, 3.05) is 38.8 Å². The molecule has 2 aromatic carbocycles. The first-order chi connectivity index (χ1) is 14.3. The van der Waals surface area contributed by atoms with Crippen LogP contribution in [0.15, 0.2) is 48.5 Å². The average molecular weight is 433 g/mol. The molecule has 2 rings (SSSR count). The highest BCUT2D eigenvalue weighted by Crippen LogP contribution is 2.22. The normalized spacial score (nSPS) is 10.3. The number of halogens is 1. The van der Waals surface area contributed by atoms with E-state index in [9.17, 15) is 14.4 Å². The van der Waals surface area contributed by atoms with Crippen LogP contribution < -0.4 is 9.64 Å². The summed E-state index contributed by atoms with van der Waals surface area (Å²) in [5.41, 5.74) is 1.07. The molecule has 0 aliphatic rings. The maximum Gasteiger partial charge on any atom is 0.325 e. The van der Waals surface area contributed by atoms with Crippen molar-refractivity contribution in [2.45, 2.75) is 13.3 Å². The van der Waals surface area contributed by atoms with Crippen LogP contribution in [0.2, 0.25) is 5.02 Å². The molecular formula is C22H25ClN2O5. The number of esters is 1. The fourth-order valence-electron chi connectivity index (χ4n) is 2.75. The zero-order valence-electron chi connectivity index (χ0n) is 17.3. The van der Waals surface area contributed by atoms with E-state index in [1.807, 2.05) is 0 Å². The molecule has 0 saturated heterocycles. The van der Waals surface area contributed by atoms with Crippen LogP contribution in [-0.4, -0.2) is 56.5 Å². The van der Waals surface area contributed by atoms with Crippen LogP contribution in [0.3, 0.4) is 0 Å². The fraction of sp³-hybridized carbons (Fsp3) is 0.318. The van der Waals surface area contributed by atoms with Gasteiger partial charge in [0.05, 0.1) is 13.7 Å². The molecule has 30 heavy (non-hydrogen) atoms. The van der Waals surface area contributed by atoms with Crippen molar-refractivity contribution < 1.29 is 23.9 Å². The van der Waals surface area contributed by atoms with E-state index in [1.54, 1.807) is 62.6 Å².